The molecular formula is C61H119NO5. The van der Waals surface area contributed by atoms with Gasteiger partial charge < -0.3 is 20.3 Å². The number of aliphatic hydroxyl groups is 2. The van der Waals surface area contributed by atoms with Crippen molar-refractivity contribution in [2.24, 2.45) is 0 Å². The minimum absolute atomic E-state index is 0.00474. The summed E-state index contributed by atoms with van der Waals surface area (Å²) in [7, 11) is 0. The normalized spacial score (nSPS) is 12.6. The predicted octanol–water partition coefficient (Wildman–Crippen LogP) is 18.9. The van der Waals surface area contributed by atoms with E-state index in [-0.39, 0.29) is 18.5 Å². The second-order valence-corrected chi connectivity index (χ2v) is 21.0. The van der Waals surface area contributed by atoms with Gasteiger partial charge in [0.05, 0.1) is 25.4 Å². The van der Waals surface area contributed by atoms with E-state index in [1.54, 1.807) is 0 Å². The van der Waals surface area contributed by atoms with Crippen LogP contribution < -0.4 is 5.32 Å². The lowest BCUT2D eigenvalue weighted by atomic mass is 10.0. The smallest absolute Gasteiger partial charge is 0.305 e. The van der Waals surface area contributed by atoms with Gasteiger partial charge in [-0.05, 0) is 51.4 Å². The third-order valence-electron chi connectivity index (χ3n) is 14.3. The lowest BCUT2D eigenvalue weighted by Gasteiger charge is -2.22. The molecule has 1 amide bonds. The summed E-state index contributed by atoms with van der Waals surface area (Å²) in [5, 5.41) is 23.3. The fraction of sp³-hybridized carbons (Fsp3) is 0.934. The van der Waals surface area contributed by atoms with Crippen LogP contribution in [-0.2, 0) is 14.3 Å². The maximum absolute atomic E-state index is 12.5. The molecule has 0 rings (SSSR count). The summed E-state index contributed by atoms with van der Waals surface area (Å²) in [5.74, 6) is -0.0492. The van der Waals surface area contributed by atoms with Crippen LogP contribution in [0.2, 0.25) is 0 Å². The van der Waals surface area contributed by atoms with Crippen molar-refractivity contribution in [3.63, 3.8) is 0 Å². The van der Waals surface area contributed by atoms with Crippen molar-refractivity contribution in [3.8, 4) is 0 Å². The SMILES string of the molecule is CCCCCCCC/C=C\CCCCCCCCCCCC(=O)OCCCCCCCCCCCCCCCC(=O)NC(CO)C(O)CCCCCCCCCCCCCCCCCCCC. The Hall–Kier alpha value is -1.40. The predicted molar refractivity (Wildman–Crippen MR) is 292 cm³/mol. The molecular weight excluding hydrogens is 827 g/mol. The van der Waals surface area contributed by atoms with Gasteiger partial charge in [-0.15, -0.1) is 0 Å². The van der Waals surface area contributed by atoms with Crippen LogP contribution in [0.3, 0.4) is 0 Å². The van der Waals surface area contributed by atoms with Gasteiger partial charge in [0.2, 0.25) is 5.91 Å². The number of rotatable bonds is 57. The molecule has 0 aromatic carbocycles. The number of aliphatic hydroxyl groups excluding tert-OH is 2. The molecule has 0 aliphatic carbocycles. The first-order valence-corrected chi connectivity index (χ1v) is 30.4. The molecule has 0 fully saturated rings. The first kappa shape index (κ1) is 65.6. The van der Waals surface area contributed by atoms with Crippen molar-refractivity contribution in [2.45, 2.75) is 353 Å². The third-order valence-corrected chi connectivity index (χ3v) is 14.3. The second kappa shape index (κ2) is 57.2. The quantitative estimate of drug-likeness (QED) is 0.0321. The number of carbonyl (C=O) groups excluding carboxylic acids is 2. The molecule has 6 nitrogen and oxygen atoms in total. The molecule has 0 aromatic heterocycles. The molecule has 2 atom stereocenters. The van der Waals surface area contributed by atoms with Crippen LogP contribution in [-0.4, -0.2) is 47.4 Å². The summed E-state index contributed by atoms with van der Waals surface area (Å²) < 4.78 is 5.49. The number of unbranched alkanes of at least 4 members (excludes halogenated alkanes) is 44. The number of amides is 1. The Morgan fingerprint density at radius 2 is 0.701 bits per heavy atom. The molecule has 0 heterocycles. The van der Waals surface area contributed by atoms with Crippen LogP contribution in [0.4, 0.5) is 0 Å². The highest BCUT2D eigenvalue weighted by molar-refractivity contribution is 5.76. The van der Waals surface area contributed by atoms with Crippen molar-refractivity contribution >= 4 is 11.9 Å². The number of hydrogen-bond donors (Lipinski definition) is 3. The van der Waals surface area contributed by atoms with Gasteiger partial charge in [-0.1, -0.05) is 289 Å². The van der Waals surface area contributed by atoms with Gasteiger partial charge in [-0.2, -0.15) is 0 Å². The Labute approximate surface area is 419 Å². The molecule has 0 aliphatic heterocycles. The Morgan fingerprint density at radius 3 is 1.06 bits per heavy atom. The Kier molecular flexibility index (Phi) is 56.0. The monoisotopic (exact) mass is 946 g/mol. The van der Waals surface area contributed by atoms with Crippen LogP contribution in [0.15, 0.2) is 12.2 Å². The van der Waals surface area contributed by atoms with Crippen molar-refractivity contribution in [1.29, 1.82) is 0 Å². The van der Waals surface area contributed by atoms with E-state index < -0.39 is 12.1 Å². The molecule has 6 heteroatoms. The van der Waals surface area contributed by atoms with E-state index in [9.17, 15) is 19.8 Å². The molecule has 0 aliphatic rings. The molecule has 0 radical (unpaired) electrons. The summed E-state index contributed by atoms with van der Waals surface area (Å²) in [6.07, 6.45) is 67.7. The van der Waals surface area contributed by atoms with Gasteiger partial charge in [0.1, 0.15) is 0 Å². The summed E-state index contributed by atoms with van der Waals surface area (Å²) in [6.45, 7) is 4.95. The Bertz CT molecular complexity index is 1000. The summed E-state index contributed by atoms with van der Waals surface area (Å²) in [5.41, 5.74) is 0. The van der Waals surface area contributed by atoms with Crippen molar-refractivity contribution in [2.75, 3.05) is 13.2 Å². The van der Waals surface area contributed by atoms with Gasteiger partial charge in [-0.3, -0.25) is 9.59 Å². The lowest BCUT2D eigenvalue weighted by Crippen LogP contribution is -2.45. The number of carbonyl (C=O) groups is 2. The fourth-order valence-electron chi connectivity index (χ4n) is 9.64. The van der Waals surface area contributed by atoms with E-state index in [0.29, 0.717) is 25.9 Å². The maximum Gasteiger partial charge on any atom is 0.305 e. The summed E-state index contributed by atoms with van der Waals surface area (Å²) in [4.78, 5) is 24.6. The zero-order valence-corrected chi connectivity index (χ0v) is 45.4. The number of hydrogen-bond acceptors (Lipinski definition) is 5. The Balaban J connectivity index is 3.42. The molecule has 67 heavy (non-hydrogen) atoms. The zero-order valence-electron chi connectivity index (χ0n) is 45.4. The zero-order chi connectivity index (χ0) is 48.6. The third kappa shape index (κ3) is 53.8. The van der Waals surface area contributed by atoms with Crippen molar-refractivity contribution in [3.05, 3.63) is 12.2 Å². The fourth-order valence-corrected chi connectivity index (χ4v) is 9.64. The van der Waals surface area contributed by atoms with Crippen LogP contribution in [0, 0.1) is 0 Å². The molecule has 0 saturated heterocycles. The second-order valence-electron chi connectivity index (χ2n) is 21.0. The molecule has 398 valence electrons. The van der Waals surface area contributed by atoms with E-state index in [0.717, 1.165) is 51.4 Å². The van der Waals surface area contributed by atoms with Crippen molar-refractivity contribution in [1.82, 2.24) is 5.32 Å². The van der Waals surface area contributed by atoms with E-state index in [1.807, 2.05) is 0 Å². The van der Waals surface area contributed by atoms with E-state index >= 15 is 0 Å². The highest BCUT2D eigenvalue weighted by Crippen LogP contribution is 2.18. The number of ether oxygens (including phenoxy) is 1. The number of allylic oxidation sites excluding steroid dienone is 2. The first-order chi connectivity index (χ1) is 33.0. The van der Waals surface area contributed by atoms with Crippen molar-refractivity contribution < 1.29 is 24.5 Å². The van der Waals surface area contributed by atoms with Crippen LogP contribution in [0.25, 0.3) is 0 Å². The molecule has 0 spiro atoms. The summed E-state index contributed by atoms with van der Waals surface area (Å²) >= 11 is 0. The van der Waals surface area contributed by atoms with Gasteiger partial charge in [0.15, 0.2) is 0 Å². The average Bonchev–Trinajstić information content (AvgIpc) is 3.33. The highest BCUT2D eigenvalue weighted by atomic mass is 16.5. The number of esters is 1. The van der Waals surface area contributed by atoms with Gasteiger partial charge in [0.25, 0.3) is 0 Å². The topological polar surface area (TPSA) is 95.9 Å². The molecule has 3 N–H and O–H groups in total. The van der Waals surface area contributed by atoms with E-state index in [4.69, 9.17) is 4.74 Å². The highest BCUT2D eigenvalue weighted by Gasteiger charge is 2.20. The molecule has 0 bridgehead atoms. The Morgan fingerprint density at radius 1 is 0.403 bits per heavy atom. The minimum atomic E-state index is -0.673. The van der Waals surface area contributed by atoms with Crippen LogP contribution in [0.5, 0.6) is 0 Å². The van der Waals surface area contributed by atoms with Gasteiger partial charge in [0, 0.05) is 12.8 Å². The van der Waals surface area contributed by atoms with Gasteiger partial charge >= 0.3 is 5.97 Å². The minimum Gasteiger partial charge on any atom is -0.466 e. The number of nitrogens with one attached hydrogen (secondary N) is 1. The average molecular weight is 947 g/mol. The van der Waals surface area contributed by atoms with Crippen LogP contribution >= 0.6 is 0 Å². The molecule has 0 saturated carbocycles. The maximum atomic E-state index is 12.5. The molecule has 2 unspecified atom stereocenters. The largest absolute Gasteiger partial charge is 0.466 e. The first-order valence-electron chi connectivity index (χ1n) is 30.4. The van der Waals surface area contributed by atoms with E-state index in [2.05, 4.69) is 31.3 Å². The van der Waals surface area contributed by atoms with Crippen LogP contribution in [0.1, 0.15) is 341 Å². The van der Waals surface area contributed by atoms with E-state index in [1.165, 1.54) is 257 Å². The molecule has 0 aromatic rings. The lowest BCUT2D eigenvalue weighted by molar-refractivity contribution is -0.143. The standard InChI is InChI=1S/C61H119NO5/c1-3-5-7-9-11-13-15-17-19-21-23-25-27-31-35-39-43-47-51-55-61(66)67-56-52-48-44-40-36-32-28-30-34-38-42-46-50-54-60(65)62-58(57-63)59(64)53-49-45-41-37-33-29-26-24-22-20-18-16-14-12-10-8-6-4-2/h17,19,58-59,63-64H,3-16,18,20-57H2,1-2H3,(H,62,65)/b19-17-. The summed E-state index contributed by atoms with van der Waals surface area (Å²) in [6, 6.07) is -0.551. The van der Waals surface area contributed by atoms with Gasteiger partial charge in [-0.25, -0.2) is 0 Å².